The van der Waals surface area contributed by atoms with Gasteiger partial charge in [0.05, 0.1) is 12.2 Å². The first-order valence-electron chi connectivity index (χ1n) is 7.75. The van der Waals surface area contributed by atoms with E-state index in [2.05, 4.69) is 27.3 Å². The summed E-state index contributed by atoms with van der Waals surface area (Å²) in [5.41, 5.74) is -0.0985. The van der Waals surface area contributed by atoms with E-state index in [1.807, 2.05) is 0 Å². The molecule has 3 aliphatic heterocycles. The molecule has 3 fully saturated rings. The first kappa shape index (κ1) is 13.6. The molecular formula is C14H22N4O3. The summed E-state index contributed by atoms with van der Waals surface area (Å²) in [6, 6.07) is 0.585. The summed E-state index contributed by atoms with van der Waals surface area (Å²) in [6.07, 6.45) is 2.43. The van der Waals surface area contributed by atoms with Crippen molar-refractivity contribution in [3.63, 3.8) is 0 Å². The molecule has 1 aromatic rings. The Morgan fingerprint density at radius 3 is 3.19 bits per heavy atom. The number of nitrogens with one attached hydrogen (secondary N) is 1. The van der Waals surface area contributed by atoms with Gasteiger partial charge in [0, 0.05) is 25.7 Å². The molecule has 2 unspecified atom stereocenters. The first-order chi connectivity index (χ1) is 10.2. The van der Waals surface area contributed by atoms with Gasteiger partial charge in [-0.15, -0.1) is 0 Å². The van der Waals surface area contributed by atoms with Crippen LogP contribution in [0, 0.1) is 0 Å². The minimum Gasteiger partial charge on any atom is -0.367 e. The van der Waals surface area contributed by atoms with Crippen LogP contribution in [0.4, 0.5) is 0 Å². The molecule has 21 heavy (non-hydrogen) atoms. The summed E-state index contributed by atoms with van der Waals surface area (Å²) >= 11 is 0. The fraction of sp³-hybridized carbons (Fsp3) is 0.857. The Morgan fingerprint density at radius 1 is 1.48 bits per heavy atom. The summed E-state index contributed by atoms with van der Waals surface area (Å²) in [6.45, 7) is 6.99. The van der Waals surface area contributed by atoms with Gasteiger partial charge in [0.1, 0.15) is 12.7 Å². The number of hydrogen-bond acceptors (Lipinski definition) is 7. The highest BCUT2D eigenvalue weighted by molar-refractivity contribution is 4.97. The molecule has 0 radical (unpaired) electrons. The van der Waals surface area contributed by atoms with Crippen molar-refractivity contribution in [3.8, 4) is 0 Å². The fourth-order valence-corrected chi connectivity index (χ4v) is 3.25. The summed E-state index contributed by atoms with van der Waals surface area (Å²) in [5, 5.41) is 7.26. The Balaban J connectivity index is 1.35. The number of morpholine rings is 1. The maximum absolute atomic E-state index is 5.89. The summed E-state index contributed by atoms with van der Waals surface area (Å²) < 4.78 is 17.0. The highest BCUT2D eigenvalue weighted by Crippen LogP contribution is 2.29. The molecule has 7 nitrogen and oxygen atoms in total. The Labute approximate surface area is 124 Å². The van der Waals surface area contributed by atoms with Crippen LogP contribution in [-0.2, 0) is 16.1 Å². The van der Waals surface area contributed by atoms with E-state index in [4.69, 9.17) is 14.0 Å². The van der Waals surface area contributed by atoms with Gasteiger partial charge in [0.2, 0.25) is 5.82 Å². The van der Waals surface area contributed by atoms with Crippen LogP contribution >= 0.6 is 0 Å². The zero-order chi connectivity index (χ0) is 14.3. The van der Waals surface area contributed by atoms with Gasteiger partial charge in [0.25, 0.3) is 5.89 Å². The highest BCUT2D eigenvalue weighted by atomic mass is 16.5. The van der Waals surface area contributed by atoms with Crippen LogP contribution in [0.25, 0.3) is 0 Å². The SMILES string of the molecule is CC1(OCc2nc(C3CN4CCCC4CO3)no2)CNC1. The number of nitrogens with zero attached hydrogens (tertiary/aromatic N) is 3. The third-order valence-electron chi connectivity index (χ3n) is 4.70. The largest absolute Gasteiger partial charge is 0.367 e. The lowest BCUT2D eigenvalue weighted by atomic mass is 10.0. The lowest BCUT2D eigenvalue weighted by molar-refractivity contribution is -0.0841. The van der Waals surface area contributed by atoms with E-state index in [1.54, 1.807) is 0 Å². The van der Waals surface area contributed by atoms with Crippen molar-refractivity contribution in [1.82, 2.24) is 20.4 Å². The molecule has 7 heteroatoms. The van der Waals surface area contributed by atoms with Gasteiger partial charge < -0.3 is 19.3 Å². The monoisotopic (exact) mass is 294 g/mol. The van der Waals surface area contributed by atoms with Crippen molar-refractivity contribution in [3.05, 3.63) is 11.7 Å². The van der Waals surface area contributed by atoms with Gasteiger partial charge in [-0.05, 0) is 26.3 Å². The molecule has 4 rings (SSSR count). The van der Waals surface area contributed by atoms with E-state index in [1.165, 1.54) is 12.8 Å². The normalized spacial score (nSPS) is 31.9. The number of rotatable bonds is 4. The van der Waals surface area contributed by atoms with E-state index in [9.17, 15) is 0 Å². The van der Waals surface area contributed by atoms with Crippen LogP contribution in [0.5, 0.6) is 0 Å². The predicted molar refractivity (Wildman–Crippen MR) is 73.6 cm³/mol. The molecule has 3 saturated heterocycles. The molecule has 1 N–H and O–H groups in total. The Morgan fingerprint density at radius 2 is 2.38 bits per heavy atom. The number of hydrogen-bond donors (Lipinski definition) is 1. The lowest BCUT2D eigenvalue weighted by Gasteiger charge is -2.38. The van der Waals surface area contributed by atoms with Crippen LogP contribution in [0.1, 0.15) is 37.6 Å². The fourth-order valence-electron chi connectivity index (χ4n) is 3.25. The highest BCUT2D eigenvalue weighted by Gasteiger charge is 2.36. The van der Waals surface area contributed by atoms with Gasteiger partial charge >= 0.3 is 0 Å². The van der Waals surface area contributed by atoms with Crippen molar-refractivity contribution >= 4 is 0 Å². The second-order valence-corrected chi connectivity index (χ2v) is 6.50. The van der Waals surface area contributed by atoms with Gasteiger partial charge in [-0.2, -0.15) is 4.98 Å². The molecule has 4 heterocycles. The van der Waals surface area contributed by atoms with E-state index in [-0.39, 0.29) is 11.7 Å². The van der Waals surface area contributed by atoms with Gasteiger partial charge in [-0.1, -0.05) is 5.16 Å². The molecule has 0 spiro atoms. The molecule has 0 aliphatic carbocycles. The van der Waals surface area contributed by atoms with Crippen molar-refractivity contribution in [1.29, 1.82) is 0 Å². The Hall–Kier alpha value is -1.02. The molecule has 0 bridgehead atoms. The second kappa shape index (κ2) is 5.31. The molecule has 3 aliphatic rings. The lowest BCUT2D eigenvalue weighted by Crippen LogP contribution is -2.58. The van der Waals surface area contributed by atoms with Crippen molar-refractivity contribution in [2.24, 2.45) is 0 Å². The maximum Gasteiger partial charge on any atom is 0.252 e. The quantitative estimate of drug-likeness (QED) is 0.866. The zero-order valence-electron chi connectivity index (χ0n) is 12.4. The van der Waals surface area contributed by atoms with E-state index in [0.29, 0.717) is 24.4 Å². The van der Waals surface area contributed by atoms with Crippen molar-refractivity contribution in [2.75, 3.05) is 32.8 Å². The third-order valence-corrected chi connectivity index (χ3v) is 4.70. The summed E-state index contributed by atoms with van der Waals surface area (Å²) in [4.78, 5) is 6.91. The van der Waals surface area contributed by atoms with Crippen LogP contribution in [0.15, 0.2) is 4.52 Å². The van der Waals surface area contributed by atoms with Gasteiger partial charge in [0.15, 0.2) is 0 Å². The average molecular weight is 294 g/mol. The maximum atomic E-state index is 5.89. The van der Waals surface area contributed by atoms with Crippen LogP contribution < -0.4 is 5.32 Å². The standard InChI is InChI=1S/C14H22N4O3/c1-14(8-15-9-14)20-7-12-16-13(17-21-12)11-5-18-4-2-3-10(18)6-19-11/h10-11,15H,2-9H2,1H3. The smallest absolute Gasteiger partial charge is 0.252 e. The Bertz CT molecular complexity index is 502. The summed E-state index contributed by atoms with van der Waals surface area (Å²) in [7, 11) is 0. The van der Waals surface area contributed by atoms with Crippen LogP contribution in [0.3, 0.4) is 0 Å². The third kappa shape index (κ3) is 2.70. The zero-order valence-corrected chi connectivity index (χ0v) is 12.4. The predicted octanol–water partition coefficient (Wildman–Crippen LogP) is 0.484. The van der Waals surface area contributed by atoms with Crippen LogP contribution in [0.2, 0.25) is 0 Å². The number of ether oxygens (including phenoxy) is 2. The second-order valence-electron chi connectivity index (χ2n) is 6.50. The van der Waals surface area contributed by atoms with E-state index < -0.39 is 0 Å². The first-order valence-corrected chi connectivity index (χ1v) is 7.75. The summed E-state index contributed by atoms with van der Waals surface area (Å²) in [5.74, 6) is 1.18. The Kier molecular flexibility index (Phi) is 3.45. The number of fused-ring (bicyclic) bond motifs is 1. The molecule has 116 valence electrons. The van der Waals surface area contributed by atoms with Gasteiger partial charge in [-0.3, -0.25) is 4.90 Å². The molecule has 0 amide bonds. The molecule has 0 aromatic carbocycles. The van der Waals surface area contributed by atoms with Crippen LogP contribution in [-0.4, -0.2) is 59.5 Å². The average Bonchev–Trinajstić information content (AvgIpc) is 3.11. The molecule has 2 atom stereocenters. The molecular weight excluding hydrogens is 272 g/mol. The minimum atomic E-state index is -0.0985. The van der Waals surface area contributed by atoms with E-state index >= 15 is 0 Å². The molecule has 1 aromatic heterocycles. The number of aromatic nitrogens is 2. The topological polar surface area (TPSA) is 72.7 Å². The van der Waals surface area contributed by atoms with Crippen molar-refractivity contribution < 1.29 is 14.0 Å². The van der Waals surface area contributed by atoms with Crippen molar-refractivity contribution in [2.45, 2.75) is 44.1 Å². The minimum absolute atomic E-state index is 0.0715. The van der Waals surface area contributed by atoms with E-state index in [0.717, 1.165) is 32.8 Å². The molecule has 0 saturated carbocycles. The van der Waals surface area contributed by atoms with Gasteiger partial charge in [-0.25, -0.2) is 0 Å².